The van der Waals surface area contributed by atoms with E-state index < -0.39 is 0 Å². The molecular weight excluding hydrogens is 218 g/mol. The first-order valence-electron chi connectivity index (χ1n) is 5.97. The maximum absolute atomic E-state index is 12.3. The van der Waals surface area contributed by atoms with Gasteiger partial charge in [0.15, 0.2) is 0 Å². The van der Waals surface area contributed by atoms with Gasteiger partial charge in [-0.1, -0.05) is 6.92 Å². The predicted octanol–water partition coefficient (Wildman–Crippen LogP) is 0.571. The van der Waals surface area contributed by atoms with Crippen molar-refractivity contribution in [2.45, 2.75) is 26.4 Å². The van der Waals surface area contributed by atoms with E-state index >= 15 is 0 Å². The van der Waals surface area contributed by atoms with Gasteiger partial charge in [0.2, 0.25) is 0 Å². The standard InChI is InChI=1S/C12H19N3O2/c1-8-7-15(5-4-11(8)16)12(17)10-6-9(2)13-14(10)3/h6,8,11,16H,4-5,7H2,1-3H3. The van der Waals surface area contributed by atoms with Gasteiger partial charge in [0, 0.05) is 20.1 Å². The van der Waals surface area contributed by atoms with Gasteiger partial charge < -0.3 is 10.0 Å². The molecule has 1 aliphatic rings. The van der Waals surface area contributed by atoms with E-state index in [4.69, 9.17) is 0 Å². The summed E-state index contributed by atoms with van der Waals surface area (Å²) in [5, 5.41) is 13.8. The molecule has 1 aromatic heterocycles. The monoisotopic (exact) mass is 237 g/mol. The summed E-state index contributed by atoms with van der Waals surface area (Å²) in [4.78, 5) is 14.1. The van der Waals surface area contributed by atoms with Crippen LogP contribution in [0.2, 0.25) is 0 Å². The van der Waals surface area contributed by atoms with Crippen molar-refractivity contribution < 1.29 is 9.90 Å². The fourth-order valence-electron chi connectivity index (χ4n) is 2.29. The zero-order valence-electron chi connectivity index (χ0n) is 10.6. The number of aliphatic hydroxyl groups excluding tert-OH is 1. The fourth-order valence-corrected chi connectivity index (χ4v) is 2.29. The van der Waals surface area contributed by atoms with Gasteiger partial charge in [-0.3, -0.25) is 9.48 Å². The minimum absolute atomic E-state index is 0.00634. The summed E-state index contributed by atoms with van der Waals surface area (Å²) in [5.41, 5.74) is 1.46. The van der Waals surface area contributed by atoms with Gasteiger partial charge in [0.25, 0.3) is 5.91 Å². The summed E-state index contributed by atoms with van der Waals surface area (Å²) in [7, 11) is 1.78. The largest absolute Gasteiger partial charge is 0.393 e. The summed E-state index contributed by atoms with van der Waals surface area (Å²) in [6, 6.07) is 1.80. The Hall–Kier alpha value is -1.36. The molecule has 0 saturated carbocycles. The van der Waals surface area contributed by atoms with Crippen molar-refractivity contribution in [2.24, 2.45) is 13.0 Å². The minimum atomic E-state index is -0.285. The molecule has 1 saturated heterocycles. The highest BCUT2D eigenvalue weighted by Crippen LogP contribution is 2.18. The SMILES string of the molecule is Cc1cc(C(=O)N2CCC(O)C(C)C2)n(C)n1. The minimum Gasteiger partial charge on any atom is -0.393 e. The van der Waals surface area contributed by atoms with Crippen molar-refractivity contribution in [1.29, 1.82) is 0 Å². The number of carbonyl (C=O) groups excluding carboxylic acids is 1. The first-order valence-corrected chi connectivity index (χ1v) is 5.97. The molecule has 0 aromatic carbocycles. The van der Waals surface area contributed by atoms with Gasteiger partial charge in [-0.15, -0.1) is 0 Å². The predicted molar refractivity (Wildman–Crippen MR) is 63.6 cm³/mol. The highest BCUT2D eigenvalue weighted by atomic mass is 16.3. The van der Waals surface area contributed by atoms with Crippen LogP contribution in [0.5, 0.6) is 0 Å². The van der Waals surface area contributed by atoms with E-state index in [0.29, 0.717) is 25.2 Å². The van der Waals surface area contributed by atoms with Crippen molar-refractivity contribution in [3.05, 3.63) is 17.5 Å². The van der Waals surface area contributed by atoms with Crippen molar-refractivity contribution >= 4 is 5.91 Å². The van der Waals surface area contributed by atoms with Gasteiger partial charge in [-0.25, -0.2) is 0 Å². The molecule has 2 heterocycles. The number of aryl methyl sites for hydroxylation is 2. The Morgan fingerprint density at radius 1 is 1.59 bits per heavy atom. The zero-order chi connectivity index (χ0) is 12.6. The number of aromatic nitrogens is 2. The topological polar surface area (TPSA) is 58.4 Å². The molecule has 94 valence electrons. The van der Waals surface area contributed by atoms with Crippen LogP contribution in [0.3, 0.4) is 0 Å². The summed E-state index contributed by atoms with van der Waals surface area (Å²) in [5.74, 6) is 0.147. The van der Waals surface area contributed by atoms with Crippen LogP contribution in [0, 0.1) is 12.8 Å². The quantitative estimate of drug-likeness (QED) is 0.777. The molecule has 0 spiro atoms. The second kappa shape index (κ2) is 4.49. The number of aliphatic hydroxyl groups is 1. The van der Waals surface area contributed by atoms with Gasteiger partial charge >= 0.3 is 0 Å². The Morgan fingerprint density at radius 3 is 2.82 bits per heavy atom. The van der Waals surface area contributed by atoms with Crippen molar-refractivity contribution in [3.8, 4) is 0 Å². The molecule has 2 unspecified atom stereocenters. The van der Waals surface area contributed by atoms with Gasteiger partial charge in [-0.2, -0.15) is 5.10 Å². The third kappa shape index (κ3) is 2.34. The van der Waals surface area contributed by atoms with E-state index in [1.807, 2.05) is 13.8 Å². The van der Waals surface area contributed by atoms with Crippen LogP contribution < -0.4 is 0 Å². The zero-order valence-corrected chi connectivity index (χ0v) is 10.6. The van der Waals surface area contributed by atoms with Gasteiger partial charge in [-0.05, 0) is 25.3 Å². The highest BCUT2D eigenvalue weighted by molar-refractivity contribution is 5.92. The van der Waals surface area contributed by atoms with E-state index in [1.54, 1.807) is 22.7 Å². The number of likely N-dealkylation sites (tertiary alicyclic amines) is 1. The number of hydrogen-bond acceptors (Lipinski definition) is 3. The molecule has 0 radical (unpaired) electrons. The maximum Gasteiger partial charge on any atom is 0.272 e. The average Bonchev–Trinajstić information content (AvgIpc) is 2.61. The van der Waals surface area contributed by atoms with Crippen molar-refractivity contribution in [2.75, 3.05) is 13.1 Å². The Bertz CT molecular complexity index is 427. The highest BCUT2D eigenvalue weighted by Gasteiger charge is 2.28. The Kier molecular flexibility index (Phi) is 3.19. The number of carbonyl (C=O) groups is 1. The molecule has 1 amide bonds. The Balaban J connectivity index is 2.13. The first-order chi connectivity index (χ1) is 7.99. The van der Waals surface area contributed by atoms with Crippen LogP contribution in [-0.4, -0.2) is 44.9 Å². The normalized spacial score (nSPS) is 25.1. The third-order valence-corrected chi connectivity index (χ3v) is 3.37. The van der Waals surface area contributed by atoms with E-state index in [-0.39, 0.29) is 17.9 Å². The maximum atomic E-state index is 12.3. The van der Waals surface area contributed by atoms with E-state index in [9.17, 15) is 9.90 Å². The Morgan fingerprint density at radius 2 is 2.29 bits per heavy atom. The lowest BCUT2D eigenvalue weighted by Crippen LogP contribution is -2.45. The molecule has 5 heteroatoms. The molecule has 2 atom stereocenters. The van der Waals surface area contributed by atoms with Crippen LogP contribution >= 0.6 is 0 Å². The molecular formula is C12H19N3O2. The number of amides is 1. The first kappa shape index (κ1) is 12.1. The average molecular weight is 237 g/mol. The van der Waals surface area contributed by atoms with Gasteiger partial charge in [0.1, 0.15) is 5.69 Å². The molecule has 5 nitrogen and oxygen atoms in total. The molecule has 17 heavy (non-hydrogen) atoms. The molecule has 1 aromatic rings. The molecule has 1 fully saturated rings. The smallest absolute Gasteiger partial charge is 0.272 e. The fraction of sp³-hybridized carbons (Fsp3) is 0.667. The second-order valence-corrected chi connectivity index (χ2v) is 4.88. The molecule has 2 rings (SSSR count). The van der Waals surface area contributed by atoms with E-state index in [1.165, 1.54) is 0 Å². The van der Waals surface area contributed by atoms with Crippen LogP contribution in [0.1, 0.15) is 29.5 Å². The summed E-state index contributed by atoms with van der Waals surface area (Å²) in [6.45, 7) is 5.08. The number of nitrogens with zero attached hydrogens (tertiary/aromatic N) is 3. The number of rotatable bonds is 1. The molecule has 0 bridgehead atoms. The molecule has 1 N–H and O–H groups in total. The Labute approximate surface area is 101 Å². The molecule has 0 aliphatic carbocycles. The number of piperidine rings is 1. The van der Waals surface area contributed by atoms with Crippen molar-refractivity contribution in [1.82, 2.24) is 14.7 Å². The summed E-state index contributed by atoms with van der Waals surface area (Å²) >= 11 is 0. The lowest BCUT2D eigenvalue weighted by Gasteiger charge is -2.34. The van der Waals surface area contributed by atoms with E-state index in [2.05, 4.69) is 5.10 Å². The summed E-state index contributed by atoms with van der Waals surface area (Å²) < 4.78 is 1.62. The van der Waals surface area contributed by atoms with Crippen LogP contribution in [0.25, 0.3) is 0 Å². The van der Waals surface area contributed by atoms with Crippen molar-refractivity contribution in [3.63, 3.8) is 0 Å². The van der Waals surface area contributed by atoms with E-state index in [0.717, 1.165) is 5.69 Å². The van der Waals surface area contributed by atoms with Crippen LogP contribution in [-0.2, 0) is 7.05 Å². The number of hydrogen-bond donors (Lipinski definition) is 1. The van der Waals surface area contributed by atoms with Crippen LogP contribution in [0.4, 0.5) is 0 Å². The second-order valence-electron chi connectivity index (χ2n) is 4.88. The third-order valence-electron chi connectivity index (χ3n) is 3.37. The summed E-state index contributed by atoms with van der Waals surface area (Å²) in [6.07, 6.45) is 0.372. The van der Waals surface area contributed by atoms with Gasteiger partial charge in [0.05, 0.1) is 11.8 Å². The lowest BCUT2D eigenvalue weighted by atomic mass is 9.96. The lowest BCUT2D eigenvalue weighted by molar-refractivity contribution is 0.0291. The molecule has 1 aliphatic heterocycles. The van der Waals surface area contributed by atoms with Crippen LogP contribution in [0.15, 0.2) is 6.07 Å².